The average Bonchev–Trinajstić information content (AvgIpc) is 2.86. The first-order valence-electron chi connectivity index (χ1n) is 7.02. The minimum absolute atomic E-state index is 0.456. The zero-order valence-corrected chi connectivity index (χ0v) is 12.4. The molecular formula is C15H23N3O2. The topological polar surface area (TPSA) is 64.5 Å². The number of fused-ring (bicyclic) bond motifs is 1. The predicted octanol–water partition coefficient (Wildman–Crippen LogP) is 2.66. The fourth-order valence-electron chi connectivity index (χ4n) is 2.18. The monoisotopic (exact) mass is 277 g/mol. The smallest absolute Gasteiger partial charge is 0.209 e. The summed E-state index contributed by atoms with van der Waals surface area (Å²) in [4.78, 5) is 6.81. The number of oxazole rings is 1. The summed E-state index contributed by atoms with van der Waals surface area (Å²) in [5.41, 5.74) is 8.06. The number of aromatic nitrogens is 1. The Kier molecular flexibility index (Phi) is 4.98. The molecule has 2 aromatic rings. The molecule has 20 heavy (non-hydrogen) atoms. The van der Waals surface area contributed by atoms with Crippen LogP contribution in [0.4, 0.5) is 5.69 Å². The van der Waals surface area contributed by atoms with Crippen molar-refractivity contribution in [3.63, 3.8) is 0 Å². The van der Waals surface area contributed by atoms with Crippen LogP contribution in [0.2, 0.25) is 0 Å². The molecular weight excluding hydrogens is 254 g/mol. The van der Waals surface area contributed by atoms with Crippen molar-refractivity contribution in [3.05, 3.63) is 24.1 Å². The molecule has 0 aliphatic heterocycles. The summed E-state index contributed by atoms with van der Waals surface area (Å²) in [5, 5.41) is 0. The molecule has 0 aliphatic rings. The maximum absolute atomic E-state index is 5.91. The molecule has 0 amide bonds. The Morgan fingerprint density at radius 3 is 2.90 bits per heavy atom. The third-order valence-corrected chi connectivity index (χ3v) is 3.63. The van der Waals surface area contributed by atoms with E-state index in [0.717, 1.165) is 24.1 Å². The molecule has 1 unspecified atom stereocenters. The van der Waals surface area contributed by atoms with Gasteiger partial charge >= 0.3 is 0 Å². The molecule has 5 nitrogen and oxygen atoms in total. The number of benzene rings is 1. The van der Waals surface area contributed by atoms with E-state index >= 15 is 0 Å². The number of nitrogen functional groups attached to an aromatic ring is 1. The van der Waals surface area contributed by atoms with Crippen LogP contribution >= 0.6 is 0 Å². The second-order valence-corrected chi connectivity index (χ2v) is 5.02. The molecule has 5 heteroatoms. The molecule has 2 rings (SSSR count). The molecule has 0 saturated heterocycles. The van der Waals surface area contributed by atoms with Crippen molar-refractivity contribution < 1.29 is 9.15 Å². The van der Waals surface area contributed by atoms with Crippen molar-refractivity contribution >= 4 is 16.8 Å². The highest BCUT2D eigenvalue weighted by molar-refractivity contribution is 5.85. The number of para-hydroxylation sites is 1. The van der Waals surface area contributed by atoms with E-state index in [-0.39, 0.29) is 0 Å². The Hall–Kier alpha value is -1.59. The van der Waals surface area contributed by atoms with Crippen molar-refractivity contribution in [1.82, 2.24) is 9.88 Å². The van der Waals surface area contributed by atoms with Gasteiger partial charge in [-0.15, -0.1) is 0 Å². The van der Waals surface area contributed by atoms with Gasteiger partial charge in [-0.25, -0.2) is 4.98 Å². The van der Waals surface area contributed by atoms with Gasteiger partial charge in [0.2, 0.25) is 5.89 Å². The highest BCUT2D eigenvalue weighted by atomic mass is 16.5. The van der Waals surface area contributed by atoms with Gasteiger partial charge in [0.05, 0.1) is 18.8 Å². The highest BCUT2D eigenvalue weighted by Gasteiger charge is 2.16. The van der Waals surface area contributed by atoms with Gasteiger partial charge in [0, 0.05) is 19.7 Å². The van der Waals surface area contributed by atoms with Crippen LogP contribution in [0.25, 0.3) is 11.1 Å². The lowest BCUT2D eigenvalue weighted by molar-refractivity contribution is 0.111. The number of hydrogen-bond donors (Lipinski definition) is 1. The molecule has 1 atom stereocenters. The SMILES string of the molecule is CCC(C)N(CCOC)Cc1nc2c(N)cccc2o1. The van der Waals surface area contributed by atoms with Crippen LogP contribution in [0, 0.1) is 0 Å². The van der Waals surface area contributed by atoms with Crippen molar-refractivity contribution in [2.24, 2.45) is 0 Å². The molecule has 1 aromatic carbocycles. The fourth-order valence-corrected chi connectivity index (χ4v) is 2.18. The normalized spacial score (nSPS) is 13.2. The summed E-state index contributed by atoms with van der Waals surface area (Å²) >= 11 is 0. The van der Waals surface area contributed by atoms with E-state index in [2.05, 4.69) is 23.7 Å². The molecule has 0 aliphatic carbocycles. The summed E-state index contributed by atoms with van der Waals surface area (Å²) in [6.45, 7) is 6.61. The summed E-state index contributed by atoms with van der Waals surface area (Å²) in [6.07, 6.45) is 1.08. The van der Waals surface area contributed by atoms with Gasteiger partial charge in [-0.2, -0.15) is 0 Å². The molecule has 1 aromatic heterocycles. The zero-order valence-electron chi connectivity index (χ0n) is 12.4. The van der Waals surface area contributed by atoms with Crippen molar-refractivity contribution in [2.75, 3.05) is 26.0 Å². The van der Waals surface area contributed by atoms with E-state index in [0.29, 0.717) is 30.8 Å². The van der Waals surface area contributed by atoms with Crippen LogP contribution in [0.5, 0.6) is 0 Å². The number of ether oxygens (including phenoxy) is 1. The summed E-state index contributed by atoms with van der Waals surface area (Å²) in [7, 11) is 1.72. The van der Waals surface area contributed by atoms with Crippen molar-refractivity contribution in [3.8, 4) is 0 Å². The molecule has 110 valence electrons. The van der Waals surface area contributed by atoms with Crippen LogP contribution in [-0.4, -0.2) is 36.2 Å². The van der Waals surface area contributed by atoms with Crippen LogP contribution in [-0.2, 0) is 11.3 Å². The Labute approximate surface area is 119 Å². The lowest BCUT2D eigenvalue weighted by Crippen LogP contribution is -2.34. The Morgan fingerprint density at radius 2 is 2.25 bits per heavy atom. The van der Waals surface area contributed by atoms with Crippen molar-refractivity contribution in [1.29, 1.82) is 0 Å². The quantitative estimate of drug-likeness (QED) is 0.788. The van der Waals surface area contributed by atoms with E-state index in [1.165, 1.54) is 0 Å². The summed E-state index contributed by atoms with van der Waals surface area (Å²) in [5.74, 6) is 0.703. The van der Waals surface area contributed by atoms with Gasteiger partial charge in [0.15, 0.2) is 5.58 Å². The van der Waals surface area contributed by atoms with Crippen LogP contribution in [0.3, 0.4) is 0 Å². The standard InChI is InChI=1S/C15H23N3O2/c1-4-11(2)18(8-9-19-3)10-14-17-15-12(16)6-5-7-13(15)20-14/h5-7,11H,4,8-10,16H2,1-3H3. The first kappa shape index (κ1) is 14.8. The zero-order chi connectivity index (χ0) is 14.5. The largest absolute Gasteiger partial charge is 0.439 e. The predicted molar refractivity (Wildman–Crippen MR) is 80.5 cm³/mol. The molecule has 0 fully saturated rings. The summed E-state index contributed by atoms with van der Waals surface area (Å²) < 4.78 is 11.0. The maximum Gasteiger partial charge on any atom is 0.209 e. The molecule has 0 radical (unpaired) electrons. The molecule has 0 bridgehead atoms. The van der Waals surface area contributed by atoms with E-state index < -0.39 is 0 Å². The maximum atomic E-state index is 5.91. The van der Waals surface area contributed by atoms with Crippen LogP contribution in [0.1, 0.15) is 26.2 Å². The molecule has 1 heterocycles. The Bertz CT molecular complexity index is 553. The third-order valence-electron chi connectivity index (χ3n) is 3.63. The summed E-state index contributed by atoms with van der Waals surface area (Å²) in [6, 6.07) is 6.07. The number of nitrogens with zero attached hydrogens (tertiary/aromatic N) is 2. The fraction of sp³-hybridized carbons (Fsp3) is 0.533. The van der Waals surface area contributed by atoms with E-state index in [1.54, 1.807) is 7.11 Å². The van der Waals surface area contributed by atoms with Gasteiger partial charge in [-0.05, 0) is 25.5 Å². The first-order chi connectivity index (χ1) is 9.65. The number of rotatable bonds is 7. The van der Waals surface area contributed by atoms with Gasteiger partial charge in [-0.1, -0.05) is 13.0 Å². The second kappa shape index (κ2) is 6.72. The lowest BCUT2D eigenvalue weighted by Gasteiger charge is -2.26. The molecule has 0 saturated carbocycles. The van der Waals surface area contributed by atoms with Crippen LogP contribution < -0.4 is 5.73 Å². The van der Waals surface area contributed by atoms with Crippen molar-refractivity contribution in [2.45, 2.75) is 32.9 Å². The molecule has 2 N–H and O–H groups in total. The van der Waals surface area contributed by atoms with Gasteiger partial charge < -0.3 is 14.9 Å². The Balaban J connectivity index is 2.17. The number of methoxy groups -OCH3 is 1. The minimum atomic E-state index is 0.456. The lowest BCUT2D eigenvalue weighted by atomic mass is 10.2. The molecule has 0 spiro atoms. The second-order valence-electron chi connectivity index (χ2n) is 5.02. The number of anilines is 1. The van der Waals surface area contributed by atoms with E-state index in [1.807, 2.05) is 18.2 Å². The van der Waals surface area contributed by atoms with Gasteiger partial charge in [0.1, 0.15) is 5.52 Å². The first-order valence-corrected chi connectivity index (χ1v) is 7.02. The van der Waals surface area contributed by atoms with Gasteiger partial charge in [0.25, 0.3) is 0 Å². The van der Waals surface area contributed by atoms with Crippen LogP contribution in [0.15, 0.2) is 22.6 Å². The average molecular weight is 277 g/mol. The van der Waals surface area contributed by atoms with E-state index in [4.69, 9.17) is 14.9 Å². The van der Waals surface area contributed by atoms with Gasteiger partial charge in [-0.3, -0.25) is 4.90 Å². The minimum Gasteiger partial charge on any atom is -0.439 e. The number of hydrogen-bond acceptors (Lipinski definition) is 5. The number of nitrogens with two attached hydrogens (primary N) is 1. The van der Waals surface area contributed by atoms with E-state index in [9.17, 15) is 0 Å². The Morgan fingerprint density at radius 1 is 1.45 bits per heavy atom. The third kappa shape index (κ3) is 3.29. The highest BCUT2D eigenvalue weighted by Crippen LogP contribution is 2.22.